The van der Waals surface area contributed by atoms with Gasteiger partial charge >= 0.3 is 0 Å². The lowest BCUT2D eigenvalue weighted by Gasteiger charge is -2.21. The zero-order chi connectivity index (χ0) is 12.7. The van der Waals surface area contributed by atoms with Gasteiger partial charge in [-0.2, -0.15) is 0 Å². The molecule has 3 nitrogen and oxygen atoms in total. The van der Waals surface area contributed by atoms with Gasteiger partial charge in [0.2, 0.25) is 5.91 Å². The maximum Gasteiger partial charge on any atom is 0.239 e. The lowest BCUT2D eigenvalue weighted by atomic mass is 10.1. The zero-order valence-electron chi connectivity index (χ0n) is 10.5. The van der Waals surface area contributed by atoms with Crippen LogP contribution in [0.4, 0.5) is 0 Å². The average Bonchev–Trinajstić information content (AvgIpc) is 2.34. The second-order valence-corrected chi connectivity index (χ2v) is 6.25. The number of nitrogens with two attached hydrogens (primary N) is 1. The highest BCUT2D eigenvalue weighted by Crippen LogP contribution is 2.31. The maximum absolute atomic E-state index is 11.5. The molecular formula is C13H21N2OP. The van der Waals surface area contributed by atoms with Gasteiger partial charge in [0.05, 0.1) is 0 Å². The molecule has 0 fully saturated rings. The van der Waals surface area contributed by atoms with E-state index in [0.29, 0.717) is 0 Å². The molecule has 0 radical (unpaired) electrons. The Kier molecular flexibility index (Phi) is 6.17. The number of hydrogen-bond acceptors (Lipinski definition) is 2. The van der Waals surface area contributed by atoms with E-state index in [4.69, 9.17) is 5.73 Å². The van der Waals surface area contributed by atoms with Crippen molar-refractivity contribution in [1.29, 1.82) is 0 Å². The Balaban J connectivity index is 2.65. The highest BCUT2D eigenvalue weighted by atomic mass is 31.1. The summed E-state index contributed by atoms with van der Waals surface area (Å²) in [5, 5.41) is 3.36. The molecule has 0 bridgehead atoms. The van der Waals surface area contributed by atoms with Crippen LogP contribution in [-0.4, -0.2) is 18.7 Å². The Labute approximate surface area is 105 Å². The van der Waals surface area contributed by atoms with Crippen molar-refractivity contribution in [3.63, 3.8) is 0 Å². The van der Waals surface area contributed by atoms with Gasteiger partial charge in [0, 0.05) is 0 Å². The minimum absolute atomic E-state index is 0.304. The third-order valence-electron chi connectivity index (χ3n) is 2.61. The molecule has 3 N–H and O–H groups in total. The van der Waals surface area contributed by atoms with E-state index in [-0.39, 0.29) is 20.0 Å². The van der Waals surface area contributed by atoms with Gasteiger partial charge in [0.1, 0.15) is 6.04 Å². The molecule has 94 valence electrons. The molecule has 0 saturated heterocycles. The van der Waals surface area contributed by atoms with Crippen LogP contribution in [0.2, 0.25) is 0 Å². The van der Waals surface area contributed by atoms with Crippen LogP contribution in [0, 0.1) is 0 Å². The van der Waals surface area contributed by atoms with E-state index >= 15 is 0 Å². The fourth-order valence-corrected chi connectivity index (χ4v) is 3.26. The fraction of sp³-hybridized carbons (Fsp3) is 0.462. The van der Waals surface area contributed by atoms with Crippen LogP contribution in [-0.2, 0) is 4.79 Å². The summed E-state index contributed by atoms with van der Waals surface area (Å²) < 4.78 is 0. The molecule has 0 spiro atoms. The van der Waals surface area contributed by atoms with Gasteiger partial charge in [-0.25, -0.2) is 0 Å². The fourth-order valence-electron chi connectivity index (χ4n) is 1.63. The van der Waals surface area contributed by atoms with Crippen LogP contribution in [0.25, 0.3) is 0 Å². The molecule has 0 aliphatic rings. The Morgan fingerprint density at radius 2 is 2.06 bits per heavy atom. The van der Waals surface area contributed by atoms with E-state index in [0.717, 1.165) is 11.7 Å². The van der Waals surface area contributed by atoms with Gasteiger partial charge in [-0.3, -0.25) is 9.88 Å². The monoisotopic (exact) mass is 252 g/mol. The SMILES string of the molecule is CCCC[P@](C)N[C@@H](C(N)=O)c1ccccc1. The third-order valence-corrected chi connectivity index (χ3v) is 4.30. The normalized spacial score (nSPS) is 14.2. The number of unbranched alkanes of at least 4 members (excludes halogenated alkanes) is 1. The minimum Gasteiger partial charge on any atom is -0.368 e. The predicted octanol–water partition coefficient (Wildman–Crippen LogP) is 2.63. The van der Waals surface area contributed by atoms with Crippen LogP contribution >= 0.6 is 8.07 Å². The Morgan fingerprint density at radius 1 is 1.41 bits per heavy atom. The summed E-state index contributed by atoms with van der Waals surface area (Å²) >= 11 is 0. The molecule has 0 aliphatic heterocycles. The van der Waals surface area contributed by atoms with Gasteiger partial charge in [0.25, 0.3) is 0 Å². The highest BCUT2D eigenvalue weighted by molar-refractivity contribution is 7.54. The summed E-state index contributed by atoms with van der Waals surface area (Å²) in [4.78, 5) is 11.5. The number of benzene rings is 1. The minimum atomic E-state index is -0.357. The van der Waals surface area contributed by atoms with E-state index < -0.39 is 0 Å². The van der Waals surface area contributed by atoms with E-state index in [2.05, 4.69) is 18.7 Å². The number of rotatable bonds is 7. The third kappa shape index (κ3) is 4.84. The highest BCUT2D eigenvalue weighted by Gasteiger charge is 2.18. The Bertz CT molecular complexity index is 343. The number of hydrogen-bond donors (Lipinski definition) is 2. The molecule has 0 unspecified atom stereocenters. The number of primary amides is 1. The molecule has 0 saturated carbocycles. The Hall–Kier alpha value is -0.920. The summed E-state index contributed by atoms with van der Waals surface area (Å²) in [5.74, 6) is -0.304. The van der Waals surface area contributed by atoms with Gasteiger partial charge in [-0.05, 0) is 32.9 Å². The first-order valence-electron chi connectivity index (χ1n) is 5.96. The van der Waals surface area contributed by atoms with Gasteiger partial charge in [0.15, 0.2) is 0 Å². The number of amides is 1. The summed E-state index contributed by atoms with van der Waals surface area (Å²) in [7, 11) is -0.333. The van der Waals surface area contributed by atoms with Crippen LogP contribution in [0.1, 0.15) is 31.4 Å². The van der Waals surface area contributed by atoms with Gasteiger partial charge in [-0.15, -0.1) is 0 Å². The van der Waals surface area contributed by atoms with Crippen molar-refractivity contribution >= 4 is 14.0 Å². The second-order valence-electron chi connectivity index (χ2n) is 4.15. The molecule has 1 aromatic rings. The summed E-state index contributed by atoms with van der Waals surface area (Å²) in [6, 6.07) is 9.31. The number of carbonyl (C=O) groups excluding carboxylic acids is 1. The summed E-state index contributed by atoms with van der Waals surface area (Å²) in [6.45, 7) is 4.33. The molecule has 1 aromatic carbocycles. The molecule has 0 aliphatic carbocycles. The van der Waals surface area contributed by atoms with Crippen molar-refractivity contribution < 1.29 is 4.79 Å². The smallest absolute Gasteiger partial charge is 0.239 e. The first-order chi connectivity index (χ1) is 8.15. The van der Waals surface area contributed by atoms with Crippen LogP contribution < -0.4 is 10.8 Å². The lowest BCUT2D eigenvalue weighted by Crippen LogP contribution is -2.31. The standard InChI is InChI=1S/C13H21N2OP/c1-3-4-10-17(2)15-12(13(14)16)11-8-6-5-7-9-11/h5-9,12,15H,3-4,10H2,1-2H3,(H2,14,16)/t12-,17+/m1/s1. The molecule has 1 amide bonds. The largest absolute Gasteiger partial charge is 0.368 e. The molecule has 1 rings (SSSR count). The average molecular weight is 252 g/mol. The van der Waals surface area contributed by atoms with Crippen LogP contribution in [0.15, 0.2) is 30.3 Å². The number of carbonyl (C=O) groups is 1. The molecular weight excluding hydrogens is 231 g/mol. The van der Waals surface area contributed by atoms with Gasteiger partial charge in [-0.1, -0.05) is 43.7 Å². The summed E-state index contributed by atoms with van der Waals surface area (Å²) in [6.07, 6.45) is 3.50. The van der Waals surface area contributed by atoms with Crippen molar-refractivity contribution in [3.05, 3.63) is 35.9 Å². The van der Waals surface area contributed by atoms with E-state index in [1.54, 1.807) is 0 Å². The molecule has 17 heavy (non-hydrogen) atoms. The van der Waals surface area contributed by atoms with Crippen molar-refractivity contribution in [2.75, 3.05) is 12.8 Å². The molecule has 0 aromatic heterocycles. The second kappa shape index (κ2) is 7.41. The van der Waals surface area contributed by atoms with Crippen molar-refractivity contribution in [2.24, 2.45) is 5.73 Å². The molecule has 0 heterocycles. The zero-order valence-corrected chi connectivity index (χ0v) is 11.4. The molecule has 4 heteroatoms. The number of nitrogens with one attached hydrogen (secondary N) is 1. The van der Waals surface area contributed by atoms with Crippen LogP contribution in [0.5, 0.6) is 0 Å². The van der Waals surface area contributed by atoms with E-state index in [1.165, 1.54) is 12.8 Å². The lowest BCUT2D eigenvalue weighted by molar-refractivity contribution is -0.119. The first kappa shape index (κ1) is 14.1. The summed E-state index contributed by atoms with van der Waals surface area (Å²) in [5.41, 5.74) is 6.40. The maximum atomic E-state index is 11.5. The van der Waals surface area contributed by atoms with Crippen molar-refractivity contribution in [2.45, 2.75) is 25.8 Å². The quantitative estimate of drug-likeness (QED) is 0.733. The molecule has 2 atom stereocenters. The van der Waals surface area contributed by atoms with Crippen molar-refractivity contribution in [1.82, 2.24) is 5.09 Å². The first-order valence-corrected chi connectivity index (χ1v) is 7.94. The van der Waals surface area contributed by atoms with Gasteiger partial charge < -0.3 is 5.73 Å². The van der Waals surface area contributed by atoms with E-state index in [1.807, 2.05) is 30.3 Å². The topological polar surface area (TPSA) is 55.1 Å². The Morgan fingerprint density at radius 3 is 2.59 bits per heavy atom. The van der Waals surface area contributed by atoms with E-state index in [9.17, 15) is 4.79 Å². The van der Waals surface area contributed by atoms with Crippen molar-refractivity contribution in [3.8, 4) is 0 Å². The van der Waals surface area contributed by atoms with Crippen LogP contribution in [0.3, 0.4) is 0 Å². The predicted molar refractivity (Wildman–Crippen MR) is 74.1 cm³/mol.